The van der Waals surface area contributed by atoms with Gasteiger partial charge in [-0.2, -0.15) is 0 Å². The monoisotopic (exact) mass is 475 g/mol. The third kappa shape index (κ3) is 9.19. The van der Waals surface area contributed by atoms with Crippen LogP contribution in [0.3, 0.4) is 0 Å². The highest BCUT2D eigenvalue weighted by Crippen LogP contribution is 2.32. The number of carbonyl (C=O) groups excluding carboxylic acids is 1. The number of methoxy groups -OCH3 is 1. The second-order valence-corrected chi connectivity index (χ2v) is 5.98. The zero-order chi connectivity index (χ0) is 20.8. The molecule has 0 aromatic heterocycles. The fraction of sp³-hybridized carbons (Fsp3) is 0.889. The molecule has 1 fully saturated rings. The third-order valence-corrected chi connectivity index (χ3v) is 4.19. The normalized spacial score (nSPS) is 27.7. The highest BCUT2D eigenvalue weighted by atomic mass is 32.2. The van der Waals surface area contributed by atoms with E-state index in [9.17, 15) is 4.79 Å². The highest BCUT2D eigenvalue weighted by molar-refractivity contribution is 7.90. The van der Waals surface area contributed by atoms with Crippen molar-refractivity contribution in [1.29, 1.82) is 0 Å². The van der Waals surface area contributed by atoms with Crippen LogP contribution < -0.4 is 5.32 Å². The zero-order valence-electron chi connectivity index (χ0n) is 14.1. The van der Waals surface area contributed by atoms with Crippen LogP contribution in [0.5, 0.6) is 0 Å². The van der Waals surface area contributed by atoms with E-state index < -0.39 is 36.6 Å². The van der Waals surface area contributed by atoms with Crippen molar-refractivity contribution in [2.75, 3.05) is 13.7 Å². The Labute approximate surface area is 170 Å². The second kappa shape index (κ2) is 15.8. The minimum Gasteiger partial charge on any atom is -0.354 e. The van der Waals surface area contributed by atoms with Crippen molar-refractivity contribution >= 4 is 42.9 Å². The summed E-state index contributed by atoms with van der Waals surface area (Å²) in [5.74, 6) is -0.450. The van der Waals surface area contributed by atoms with Gasteiger partial charge in [-0.15, -0.1) is 13.0 Å². The first kappa shape index (κ1) is 26.0. The van der Waals surface area contributed by atoms with Gasteiger partial charge < -0.3 is 14.8 Å². The van der Waals surface area contributed by atoms with E-state index >= 15 is 0 Å². The van der Waals surface area contributed by atoms with Crippen molar-refractivity contribution in [3.8, 4) is 0 Å². The molecule has 28 heavy (non-hydrogen) atoms. The fourth-order valence-corrected chi connectivity index (χ4v) is 3.14. The summed E-state index contributed by atoms with van der Waals surface area (Å²) < 4.78 is 39.0. The summed E-state index contributed by atoms with van der Waals surface area (Å²) in [6, 6.07) is -0.945. The molecule has 166 valence electrons. The number of carbonyl (C=O) groups is 1. The molecule has 19 heteroatoms. The lowest BCUT2D eigenvalue weighted by atomic mass is 9.97. The molecule has 0 radical (unpaired) electrons. The molecule has 16 nitrogen and oxygen atoms in total. The molecule has 1 rings (SSSR count). The van der Waals surface area contributed by atoms with E-state index in [1.54, 1.807) is 0 Å². The molecule has 0 aromatic rings. The smallest absolute Gasteiger partial charge is 0.217 e. The standard InChI is InChI=1S/C9H17NO15S3/c1-4(11)10-6-8(19-28-25-22-14)7(18-27-24-21-13)5(17-9(6)15-2)3-16-26-23-20-12/h5-9,12-14H,3H2,1-2H3,(H,10,11)/t5?,6?,7-,8+,9+/m0/s1. The minimum atomic E-state index is -1.09. The van der Waals surface area contributed by atoms with Gasteiger partial charge in [0.05, 0.1) is 6.61 Å². The number of ether oxygens (including phenoxy) is 2. The van der Waals surface area contributed by atoms with Crippen LogP contribution in [0, 0.1) is 0 Å². The van der Waals surface area contributed by atoms with E-state index in [-0.39, 0.29) is 43.6 Å². The van der Waals surface area contributed by atoms with Gasteiger partial charge in [0.2, 0.25) is 5.91 Å². The Hall–Kier alpha value is -0.0400. The third-order valence-electron chi connectivity index (χ3n) is 3.00. The van der Waals surface area contributed by atoms with Gasteiger partial charge in [0.1, 0.15) is 24.4 Å². The number of hydrogen-bond donors (Lipinski definition) is 4. The second-order valence-electron chi connectivity index (χ2n) is 4.54. The Morgan fingerprint density at radius 2 is 1.57 bits per heavy atom. The maximum atomic E-state index is 11.6. The molecule has 1 saturated heterocycles. The van der Waals surface area contributed by atoms with E-state index in [2.05, 4.69) is 33.4 Å². The van der Waals surface area contributed by atoms with Crippen LogP contribution in [0.1, 0.15) is 6.92 Å². The molecule has 0 aromatic carbocycles. The van der Waals surface area contributed by atoms with Gasteiger partial charge in [-0.05, 0) is 0 Å². The molecule has 2 unspecified atom stereocenters. The Morgan fingerprint density at radius 1 is 1.00 bits per heavy atom. The topological polar surface area (TPSA) is 191 Å². The molecule has 0 bridgehead atoms. The van der Waals surface area contributed by atoms with Gasteiger partial charge in [0.25, 0.3) is 0 Å². The van der Waals surface area contributed by atoms with Gasteiger partial charge in [-0.3, -0.25) is 17.3 Å². The predicted molar refractivity (Wildman–Crippen MR) is 86.1 cm³/mol. The van der Waals surface area contributed by atoms with E-state index in [1.807, 2.05) is 0 Å². The van der Waals surface area contributed by atoms with Crippen molar-refractivity contribution in [3.05, 3.63) is 0 Å². The fourth-order valence-electron chi connectivity index (χ4n) is 2.13. The summed E-state index contributed by atoms with van der Waals surface area (Å²) in [5, 5.41) is 37.4. The molecule has 0 aliphatic carbocycles. The van der Waals surface area contributed by atoms with Crippen molar-refractivity contribution in [1.82, 2.24) is 5.32 Å². The number of rotatable bonds is 15. The van der Waals surface area contributed by atoms with E-state index in [0.717, 1.165) is 0 Å². The quantitative estimate of drug-likeness (QED) is 0.111. The summed E-state index contributed by atoms with van der Waals surface area (Å²) in [6.07, 6.45) is -4.17. The summed E-state index contributed by atoms with van der Waals surface area (Å²) >= 11 is 0.692. The first-order valence-corrected chi connectivity index (χ1v) is 8.91. The first-order chi connectivity index (χ1) is 13.6. The Kier molecular flexibility index (Phi) is 14.6. The molecule has 1 heterocycles. The minimum absolute atomic E-state index is 0.205. The summed E-state index contributed by atoms with van der Waals surface area (Å²) in [7, 11) is 1.31. The largest absolute Gasteiger partial charge is 0.354 e. The van der Waals surface area contributed by atoms with Crippen molar-refractivity contribution < 1.29 is 70.7 Å². The van der Waals surface area contributed by atoms with Gasteiger partial charge >= 0.3 is 0 Å². The van der Waals surface area contributed by atoms with E-state index in [1.165, 1.54) is 14.0 Å². The van der Waals surface area contributed by atoms with Crippen LogP contribution >= 0.6 is 37.0 Å². The van der Waals surface area contributed by atoms with Crippen LogP contribution in [0.4, 0.5) is 0 Å². The van der Waals surface area contributed by atoms with Gasteiger partial charge in [-0.1, -0.05) is 15.1 Å². The molecule has 5 atom stereocenters. The number of amides is 1. The first-order valence-electron chi connectivity index (χ1n) is 6.91. The van der Waals surface area contributed by atoms with Gasteiger partial charge in [0, 0.05) is 14.0 Å². The maximum Gasteiger partial charge on any atom is 0.217 e. The van der Waals surface area contributed by atoms with Crippen molar-refractivity contribution in [3.63, 3.8) is 0 Å². The lowest BCUT2D eigenvalue weighted by Gasteiger charge is -2.44. The van der Waals surface area contributed by atoms with Crippen LogP contribution in [0.2, 0.25) is 0 Å². The van der Waals surface area contributed by atoms with Gasteiger partial charge in [-0.25, -0.2) is 15.8 Å². The lowest BCUT2D eigenvalue weighted by molar-refractivity contribution is -0.436. The average molecular weight is 475 g/mol. The maximum absolute atomic E-state index is 11.6. The predicted octanol–water partition coefficient (Wildman–Crippen LogP) is 0.603. The van der Waals surface area contributed by atoms with Crippen LogP contribution in [-0.4, -0.2) is 66.0 Å². The number of nitrogens with one attached hydrogen (secondary N) is 1. The lowest BCUT2D eigenvalue weighted by Crippen LogP contribution is -2.65. The Balaban J connectivity index is 2.97. The van der Waals surface area contributed by atoms with Crippen LogP contribution in [0.25, 0.3) is 0 Å². The van der Waals surface area contributed by atoms with Gasteiger partial charge in [0.15, 0.2) is 43.3 Å². The Morgan fingerprint density at radius 3 is 2.11 bits per heavy atom. The van der Waals surface area contributed by atoms with E-state index in [0.29, 0.717) is 0 Å². The molecule has 1 aliphatic rings. The molecule has 1 amide bonds. The average Bonchev–Trinajstić information content (AvgIpc) is 2.67. The summed E-state index contributed by atoms with van der Waals surface area (Å²) in [6.45, 7) is 1.00. The highest BCUT2D eigenvalue weighted by Gasteiger charge is 2.49. The molecule has 4 N–H and O–H groups in total. The van der Waals surface area contributed by atoms with Crippen molar-refractivity contribution in [2.45, 2.75) is 37.6 Å². The zero-order valence-corrected chi connectivity index (χ0v) is 16.5. The molecule has 0 spiro atoms. The van der Waals surface area contributed by atoms with Crippen LogP contribution in [0.15, 0.2) is 0 Å². The SMILES string of the molecule is CO[C@@H]1OC(COSOOO)[C@H](OSOOO)[C@H](OSOOO)C1NC(C)=O. The molecule has 1 aliphatic heterocycles. The number of hydrogen-bond acceptors (Lipinski definition) is 18. The molecular weight excluding hydrogens is 458 g/mol. The molecule has 0 saturated carbocycles. The summed E-state index contributed by atoms with van der Waals surface area (Å²) in [4.78, 5) is 11.6. The molecular formula is C9H17NO15S3. The van der Waals surface area contributed by atoms with E-state index in [4.69, 9.17) is 37.8 Å². The summed E-state index contributed by atoms with van der Waals surface area (Å²) in [5.41, 5.74) is 0. The van der Waals surface area contributed by atoms with Crippen LogP contribution in [-0.2, 0) is 54.9 Å². The van der Waals surface area contributed by atoms with Crippen molar-refractivity contribution in [2.24, 2.45) is 0 Å². The Bertz CT molecular complexity index is 424.